The normalized spacial score (nSPS) is 15.1. The Balaban J connectivity index is 2.39. The maximum absolute atomic E-state index is 4.53. The van der Waals surface area contributed by atoms with E-state index >= 15 is 0 Å². The van der Waals surface area contributed by atoms with E-state index in [0.717, 1.165) is 16.5 Å². The topological polar surface area (TPSA) is 15.6 Å². The number of hydrogen-bond donors (Lipinski definition) is 0. The molecular weight excluding hydrogens is 332 g/mol. The number of fused-ring (bicyclic) bond motifs is 1. The van der Waals surface area contributed by atoms with Crippen LogP contribution in [0.3, 0.4) is 0 Å². The van der Waals surface area contributed by atoms with Crippen LogP contribution in [-0.4, -0.2) is 15.7 Å². The first-order chi connectivity index (χ1) is 7.61. The van der Waals surface area contributed by atoms with Crippen LogP contribution in [0.25, 0.3) is 0 Å². The van der Waals surface area contributed by atoms with Crippen LogP contribution < -0.4 is 0 Å². The van der Waals surface area contributed by atoms with Gasteiger partial charge in [-0.25, -0.2) is 0 Å². The fraction of sp³-hybridized carbons (Fsp3) is 0.417. The molecule has 1 aromatic carbocycles. The molecule has 0 aliphatic carbocycles. The lowest BCUT2D eigenvalue weighted by Crippen LogP contribution is -2.29. The molecule has 0 unspecified atom stereocenters. The minimum absolute atomic E-state index is 0.424. The van der Waals surface area contributed by atoms with Gasteiger partial charge in [-0.05, 0) is 40.9 Å². The molecular formula is C12H14Br2N2. The van der Waals surface area contributed by atoms with Gasteiger partial charge in [0, 0.05) is 16.9 Å². The van der Waals surface area contributed by atoms with Gasteiger partial charge in [-0.2, -0.15) is 5.10 Å². The highest BCUT2D eigenvalue weighted by atomic mass is 79.9. The van der Waals surface area contributed by atoms with E-state index in [4.69, 9.17) is 0 Å². The summed E-state index contributed by atoms with van der Waals surface area (Å²) >= 11 is 7.03. The summed E-state index contributed by atoms with van der Waals surface area (Å²) in [5, 5.41) is 7.53. The molecule has 0 aromatic heterocycles. The summed E-state index contributed by atoms with van der Waals surface area (Å²) in [4.78, 5) is 0. The summed E-state index contributed by atoms with van der Waals surface area (Å²) in [7, 11) is 0. The molecule has 16 heavy (non-hydrogen) atoms. The van der Waals surface area contributed by atoms with Gasteiger partial charge in [0.25, 0.3) is 0 Å². The molecule has 1 aromatic rings. The van der Waals surface area contributed by atoms with Crippen molar-refractivity contribution in [3.8, 4) is 0 Å². The Bertz CT molecular complexity index is 427. The number of rotatable bonds is 2. The molecule has 0 N–H and O–H groups in total. The predicted octanol–water partition coefficient (Wildman–Crippen LogP) is 3.86. The lowest BCUT2D eigenvalue weighted by Gasteiger charge is -2.29. The van der Waals surface area contributed by atoms with Crippen LogP contribution in [0.5, 0.6) is 0 Å². The summed E-state index contributed by atoms with van der Waals surface area (Å²) in [6.45, 7) is 5.20. The number of nitrogens with zero attached hydrogens (tertiary/aromatic N) is 2. The van der Waals surface area contributed by atoms with Gasteiger partial charge in [0.05, 0.1) is 6.54 Å². The highest BCUT2D eigenvalue weighted by molar-refractivity contribution is 9.18. The van der Waals surface area contributed by atoms with Gasteiger partial charge in [-0.1, -0.05) is 34.1 Å². The Kier molecular flexibility index (Phi) is 3.70. The maximum Gasteiger partial charge on any atom is 0.133 e. The van der Waals surface area contributed by atoms with Crippen molar-refractivity contribution in [3.05, 3.63) is 34.9 Å². The van der Waals surface area contributed by atoms with E-state index in [-0.39, 0.29) is 0 Å². The minimum Gasteiger partial charge on any atom is -0.289 e. The fourth-order valence-corrected chi connectivity index (χ4v) is 2.68. The van der Waals surface area contributed by atoms with Crippen molar-refractivity contribution < 1.29 is 0 Å². The fourth-order valence-electron chi connectivity index (χ4n) is 1.74. The molecule has 4 heteroatoms. The van der Waals surface area contributed by atoms with Crippen LogP contribution in [0.4, 0.5) is 0 Å². The van der Waals surface area contributed by atoms with Gasteiger partial charge in [-0.15, -0.1) is 0 Å². The first-order valence-electron chi connectivity index (χ1n) is 5.30. The van der Waals surface area contributed by atoms with E-state index in [1.807, 2.05) is 0 Å². The molecule has 86 valence electrons. The second-order valence-corrected chi connectivity index (χ2v) is 5.52. The summed E-state index contributed by atoms with van der Waals surface area (Å²) in [6, 6.07) is 6.94. The van der Waals surface area contributed by atoms with E-state index < -0.39 is 0 Å². The molecule has 0 amide bonds. The van der Waals surface area contributed by atoms with Crippen molar-refractivity contribution in [1.29, 1.82) is 0 Å². The quantitative estimate of drug-likeness (QED) is 0.743. The molecule has 1 aliphatic rings. The van der Waals surface area contributed by atoms with Gasteiger partial charge in [0.1, 0.15) is 4.62 Å². The third-order valence-corrected chi connectivity index (χ3v) is 3.92. The SMILES string of the molecule is CC(C)N1Cc2cc(CBr)ccc2C(Br)=N1. The minimum atomic E-state index is 0.424. The maximum atomic E-state index is 4.53. The zero-order valence-electron chi connectivity index (χ0n) is 9.37. The van der Waals surface area contributed by atoms with E-state index in [1.54, 1.807) is 0 Å². The van der Waals surface area contributed by atoms with Gasteiger partial charge in [0.15, 0.2) is 0 Å². The Hall–Kier alpha value is -0.350. The molecule has 2 nitrogen and oxygen atoms in total. The Morgan fingerprint density at radius 3 is 2.81 bits per heavy atom. The summed E-state index contributed by atoms with van der Waals surface area (Å²) in [5.41, 5.74) is 3.86. The van der Waals surface area contributed by atoms with Gasteiger partial charge in [0.2, 0.25) is 0 Å². The number of benzene rings is 1. The van der Waals surface area contributed by atoms with Gasteiger partial charge >= 0.3 is 0 Å². The van der Waals surface area contributed by atoms with E-state index in [0.29, 0.717) is 6.04 Å². The molecule has 0 bridgehead atoms. The number of hydrazone groups is 1. The number of halogens is 2. The highest BCUT2D eigenvalue weighted by Gasteiger charge is 2.19. The van der Waals surface area contributed by atoms with E-state index in [9.17, 15) is 0 Å². The summed E-state index contributed by atoms with van der Waals surface area (Å²) in [6.07, 6.45) is 0. The van der Waals surface area contributed by atoms with E-state index in [2.05, 4.69) is 74.0 Å². The second kappa shape index (κ2) is 4.88. The van der Waals surface area contributed by atoms with Crippen LogP contribution >= 0.6 is 31.9 Å². The molecule has 0 atom stereocenters. The summed E-state index contributed by atoms with van der Waals surface area (Å²) in [5.74, 6) is 0. The van der Waals surface area contributed by atoms with Crippen LogP contribution in [0.2, 0.25) is 0 Å². The van der Waals surface area contributed by atoms with Crippen molar-refractivity contribution in [1.82, 2.24) is 5.01 Å². The molecule has 0 fully saturated rings. The molecule has 1 aliphatic heterocycles. The first kappa shape index (κ1) is 12.1. The van der Waals surface area contributed by atoms with Crippen molar-refractivity contribution in [2.45, 2.75) is 31.8 Å². The standard InChI is InChI=1S/C12H14Br2N2/c1-8(2)16-7-10-5-9(6-13)3-4-11(10)12(14)15-16/h3-5,8H,6-7H2,1-2H3. The molecule has 0 radical (unpaired) electrons. The zero-order valence-corrected chi connectivity index (χ0v) is 12.5. The van der Waals surface area contributed by atoms with Crippen LogP contribution in [0.1, 0.15) is 30.5 Å². The zero-order chi connectivity index (χ0) is 11.7. The third-order valence-electron chi connectivity index (χ3n) is 2.69. The largest absolute Gasteiger partial charge is 0.289 e. The molecule has 0 spiro atoms. The highest BCUT2D eigenvalue weighted by Crippen LogP contribution is 2.25. The molecule has 1 heterocycles. The Labute approximate surface area is 113 Å². The monoisotopic (exact) mass is 344 g/mol. The molecule has 0 saturated heterocycles. The Morgan fingerprint density at radius 1 is 1.44 bits per heavy atom. The lowest BCUT2D eigenvalue weighted by molar-refractivity contribution is 0.221. The molecule has 0 saturated carbocycles. The van der Waals surface area contributed by atoms with Crippen molar-refractivity contribution in [3.63, 3.8) is 0 Å². The average Bonchev–Trinajstić information content (AvgIpc) is 2.28. The van der Waals surface area contributed by atoms with Crippen LogP contribution in [0, 0.1) is 0 Å². The third kappa shape index (κ3) is 2.33. The van der Waals surface area contributed by atoms with Crippen molar-refractivity contribution in [2.75, 3.05) is 0 Å². The van der Waals surface area contributed by atoms with Crippen molar-refractivity contribution >= 4 is 36.5 Å². The average molecular weight is 346 g/mol. The van der Waals surface area contributed by atoms with E-state index in [1.165, 1.54) is 16.7 Å². The van der Waals surface area contributed by atoms with Crippen molar-refractivity contribution in [2.24, 2.45) is 5.10 Å². The van der Waals surface area contributed by atoms with Gasteiger partial charge in [-0.3, -0.25) is 5.01 Å². The summed E-state index contributed by atoms with van der Waals surface area (Å²) < 4.78 is 0.934. The first-order valence-corrected chi connectivity index (χ1v) is 7.22. The predicted molar refractivity (Wildman–Crippen MR) is 75.2 cm³/mol. The molecule has 2 rings (SSSR count). The number of alkyl halides is 1. The van der Waals surface area contributed by atoms with Gasteiger partial charge < -0.3 is 0 Å². The van der Waals surface area contributed by atoms with Crippen LogP contribution in [-0.2, 0) is 11.9 Å². The Morgan fingerprint density at radius 2 is 2.19 bits per heavy atom. The second-order valence-electron chi connectivity index (χ2n) is 4.21. The lowest BCUT2D eigenvalue weighted by atomic mass is 10.0. The number of hydrogen-bond acceptors (Lipinski definition) is 2. The van der Waals surface area contributed by atoms with Crippen LogP contribution in [0.15, 0.2) is 23.3 Å². The smallest absolute Gasteiger partial charge is 0.133 e.